The second kappa shape index (κ2) is 7.19. The molecule has 2 N–H and O–H groups in total. The molecule has 7 heteroatoms. The van der Waals surface area contributed by atoms with Gasteiger partial charge in [0, 0.05) is 25.4 Å². The molecule has 2 atom stereocenters. The number of amides is 2. The Morgan fingerprint density at radius 2 is 1.81 bits per heavy atom. The molecule has 138 valence electrons. The molecule has 2 aromatic rings. The van der Waals surface area contributed by atoms with Crippen LogP contribution in [0.5, 0.6) is 0 Å². The molecule has 0 spiro atoms. The van der Waals surface area contributed by atoms with E-state index in [2.05, 4.69) is 10.1 Å². The highest BCUT2D eigenvalue weighted by atomic mass is 16.2. The van der Waals surface area contributed by atoms with E-state index >= 15 is 0 Å². The number of aromatic nitrogens is 1. The molecule has 0 saturated carbocycles. The smallest absolute Gasteiger partial charge is 0.270 e. The molecular formula is C20H21N5O2. The number of carbonyl (C=O) groups is 2. The number of benzene rings is 1. The zero-order chi connectivity index (χ0) is 18.8. The number of anilines is 1. The van der Waals surface area contributed by atoms with Gasteiger partial charge in [0.05, 0.1) is 11.7 Å². The van der Waals surface area contributed by atoms with E-state index < -0.39 is 11.9 Å². The summed E-state index contributed by atoms with van der Waals surface area (Å²) >= 11 is 0. The van der Waals surface area contributed by atoms with Crippen LogP contribution >= 0.6 is 0 Å². The van der Waals surface area contributed by atoms with Gasteiger partial charge in [-0.25, -0.2) is 0 Å². The molecule has 7 nitrogen and oxygen atoms in total. The van der Waals surface area contributed by atoms with Gasteiger partial charge in [-0.15, -0.1) is 0 Å². The lowest BCUT2D eigenvalue weighted by molar-refractivity contribution is -0.125. The Kier molecular flexibility index (Phi) is 4.58. The molecule has 1 saturated heterocycles. The summed E-state index contributed by atoms with van der Waals surface area (Å²) in [5.41, 5.74) is 7.77. The van der Waals surface area contributed by atoms with E-state index in [9.17, 15) is 9.59 Å². The van der Waals surface area contributed by atoms with Crippen LogP contribution in [0.4, 0.5) is 5.69 Å². The maximum absolute atomic E-state index is 13.2. The molecule has 0 aliphatic carbocycles. The Morgan fingerprint density at radius 1 is 1.07 bits per heavy atom. The first-order valence-electron chi connectivity index (χ1n) is 9.07. The zero-order valence-electron chi connectivity index (χ0n) is 14.9. The van der Waals surface area contributed by atoms with Crippen molar-refractivity contribution in [3.63, 3.8) is 0 Å². The topological polar surface area (TPSA) is 91.9 Å². The lowest BCUT2D eigenvalue weighted by atomic mass is 10.0. The number of likely N-dealkylation sites (tertiary alicyclic amines) is 1. The molecule has 1 aromatic heterocycles. The van der Waals surface area contributed by atoms with Gasteiger partial charge in [0.15, 0.2) is 0 Å². The Bertz CT molecular complexity index is 868. The molecule has 1 fully saturated rings. The van der Waals surface area contributed by atoms with Crippen LogP contribution in [-0.2, 0) is 9.59 Å². The maximum atomic E-state index is 13.2. The van der Waals surface area contributed by atoms with Crippen LogP contribution < -0.4 is 10.7 Å². The minimum Gasteiger partial charge on any atom is -0.368 e. The van der Waals surface area contributed by atoms with Crippen LogP contribution in [0.15, 0.2) is 60.0 Å². The summed E-state index contributed by atoms with van der Waals surface area (Å²) in [6.45, 7) is 0.678. The molecule has 27 heavy (non-hydrogen) atoms. The third kappa shape index (κ3) is 3.28. The van der Waals surface area contributed by atoms with Gasteiger partial charge in [0.25, 0.3) is 5.91 Å². The summed E-state index contributed by atoms with van der Waals surface area (Å²) in [7, 11) is 0. The van der Waals surface area contributed by atoms with Crippen LogP contribution in [0.25, 0.3) is 0 Å². The predicted octanol–water partition coefficient (Wildman–Crippen LogP) is 1.87. The van der Waals surface area contributed by atoms with Gasteiger partial charge in [-0.2, -0.15) is 5.10 Å². The molecule has 4 rings (SSSR count). The fourth-order valence-electron chi connectivity index (χ4n) is 3.79. The normalized spacial score (nSPS) is 22.0. The zero-order valence-corrected chi connectivity index (χ0v) is 14.9. The summed E-state index contributed by atoms with van der Waals surface area (Å²) in [6, 6.07) is 12.6. The van der Waals surface area contributed by atoms with Crippen molar-refractivity contribution in [1.29, 1.82) is 0 Å². The number of hydrogen-bond donors (Lipinski definition) is 1. The van der Waals surface area contributed by atoms with Crippen molar-refractivity contribution in [3.05, 3.63) is 60.4 Å². The minimum atomic E-state index is -0.645. The summed E-state index contributed by atoms with van der Waals surface area (Å²) in [5, 5.41) is 6.04. The summed E-state index contributed by atoms with van der Waals surface area (Å²) in [6.07, 6.45) is 5.55. The molecule has 0 bridgehead atoms. The van der Waals surface area contributed by atoms with Gasteiger partial charge in [0.1, 0.15) is 11.8 Å². The van der Waals surface area contributed by atoms with E-state index in [1.165, 1.54) is 0 Å². The van der Waals surface area contributed by atoms with Crippen LogP contribution in [0.2, 0.25) is 0 Å². The largest absolute Gasteiger partial charge is 0.368 e. The van der Waals surface area contributed by atoms with Crippen LogP contribution in [0, 0.1) is 0 Å². The van der Waals surface area contributed by atoms with E-state index in [-0.39, 0.29) is 18.4 Å². The highest BCUT2D eigenvalue weighted by molar-refractivity contribution is 6.40. The standard InChI is InChI=1S/C20H21N5O2/c21-19(26)18-13-16(23-25(18)15-5-2-1-3-6-15)20(27)24-12-4-7-17(24)14-8-10-22-11-9-14/h1-3,5-6,8-11,17-18H,4,7,12-13H2,(H2,21,26)/t17-,18+/m1/s1. The minimum absolute atomic E-state index is 0.0148. The van der Waals surface area contributed by atoms with Crippen molar-refractivity contribution in [3.8, 4) is 0 Å². The molecule has 2 aliphatic rings. The first-order valence-corrected chi connectivity index (χ1v) is 9.07. The van der Waals surface area contributed by atoms with E-state index in [0.29, 0.717) is 12.3 Å². The number of nitrogens with zero attached hydrogens (tertiary/aromatic N) is 4. The van der Waals surface area contributed by atoms with Gasteiger partial charge >= 0.3 is 0 Å². The fourth-order valence-corrected chi connectivity index (χ4v) is 3.79. The molecule has 0 unspecified atom stereocenters. The maximum Gasteiger partial charge on any atom is 0.270 e. The van der Waals surface area contributed by atoms with E-state index in [1.807, 2.05) is 47.4 Å². The monoisotopic (exact) mass is 363 g/mol. The van der Waals surface area contributed by atoms with E-state index in [1.54, 1.807) is 17.4 Å². The SMILES string of the molecule is NC(=O)[C@@H]1CC(C(=O)N2CCC[C@@H]2c2ccncc2)=NN1c1ccccc1. The quantitative estimate of drug-likeness (QED) is 0.897. The van der Waals surface area contributed by atoms with Crippen LogP contribution in [0.3, 0.4) is 0 Å². The Labute approximate surface area is 157 Å². The molecular weight excluding hydrogens is 342 g/mol. The average molecular weight is 363 g/mol. The molecule has 2 amide bonds. The van der Waals surface area contributed by atoms with Gasteiger partial charge in [-0.3, -0.25) is 19.6 Å². The predicted molar refractivity (Wildman–Crippen MR) is 102 cm³/mol. The number of hydrogen-bond acceptors (Lipinski definition) is 5. The van der Waals surface area contributed by atoms with Crippen molar-refractivity contribution in [2.75, 3.05) is 11.6 Å². The number of rotatable bonds is 4. The third-order valence-corrected chi connectivity index (χ3v) is 5.11. The first kappa shape index (κ1) is 17.2. The molecule has 3 heterocycles. The van der Waals surface area contributed by atoms with Crippen molar-refractivity contribution in [2.24, 2.45) is 10.8 Å². The van der Waals surface area contributed by atoms with Crippen LogP contribution in [0.1, 0.15) is 30.9 Å². The Hall–Kier alpha value is -3.22. The van der Waals surface area contributed by atoms with Crippen molar-refractivity contribution in [1.82, 2.24) is 9.88 Å². The number of primary amides is 1. The summed E-state index contributed by atoms with van der Waals surface area (Å²) < 4.78 is 0. The van der Waals surface area contributed by atoms with Gasteiger partial charge in [0.2, 0.25) is 5.91 Å². The number of nitrogens with two attached hydrogens (primary N) is 1. The highest BCUT2D eigenvalue weighted by Gasteiger charge is 2.39. The van der Waals surface area contributed by atoms with Gasteiger partial charge < -0.3 is 10.6 Å². The summed E-state index contributed by atoms with van der Waals surface area (Å²) in [4.78, 5) is 31.0. The lowest BCUT2D eigenvalue weighted by Crippen LogP contribution is -2.40. The number of carbonyl (C=O) groups excluding carboxylic acids is 2. The van der Waals surface area contributed by atoms with E-state index in [0.717, 1.165) is 24.1 Å². The molecule has 1 aromatic carbocycles. The Morgan fingerprint density at radius 3 is 2.52 bits per heavy atom. The van der Waals surface area contributed by atoms with Crippen molar-refractivity contribution < 1.29 is 9.59 Å². The second-order valence-electron chi connectivity index (χ2n) is 6.79. The summed E-state index contributed by atoms with van der Waals surface area (Å²) in [5.74, 6) is -0.614. The Balaban J connectivity index is 1.60. The van der Waals surface area contributed by atoms with Gasteiger partial charge in [-0.1, -0.05) is 18.2 Å². The lowest BCUT2D eigenvalue weighted by Gasteiger charge is -2.24. The average Bonchev–Trinajstić information content (AvgIpc) is 3.36. The fraction of sp³-hybridized carbons (Fsp3) is 0.300. The van der Waals surface area contributed by atoms with Crippen molar-refractivity contribution in [2.45, 2.75) is 31.3 Å². The molecule has 0 radical (unpaired) electrons. The van der Waals surface area contributed by atoms with Crippen LogP contribution in [-0.4, -0.2) is 40.0 Å². The van der Waals surface area contributed by atoms with Crippen molar-refractivity contribution >= 4 is 23.2 Å². The second-order valence-corrected chi connectivity index (χ2v) is 6.79. The molecule has 2 aliphatic heterocycles. The highest BCUT2D eigenvalue weighted by Crippen LogP contribution is 2.33. The first-order chi connectivity index (χ1) is 13.1. The van der Waals surface area contributed by atoms with E-state index in [4.69, 9.17) is 5.73 Å². The third-order valence-electron chi connectivity index (χ3n) is 5.11. The van der Waals surface area contributed by atoms with Gasteiger partial charge in [-0.05, 0) is 42.7 Å². The number of para-hydroxylation sites is 1. The number of hydrazone groups is 1. The number of pyridine rings is 1.